The minimum absolute atomic E-state index is 0.143. The number of rotatable bonds is 7. The normalized spacial score (nSPS) is 17.8. The van der Waals surface area contributed by atoms with Crippen LogP contribution in [-0.2, 0) is 4.79 Å². The minimum atomic E-state index is -1.16. The number of nitrogens with one attached hydrogen (secondary N) is 3. The van der Waals surface area contributed by atoms with E-state index in [4.69, 9.17) is 5.11 Å². The van der Waals surface area contributed by atoms with Crippen LogP contribution in [0.4, 0.5) is 4.79 Å². The third-order valence-corrected chi connectivity index (χ3v) is 5.76. The van der Waals surface area contributed by atoms with Crippen LogP contribution in [0, 0.1) is 0 Å². The van der Waals surface area contributed by atoms with Gasteiger partial charge < -0.3 is 21.1 Å². The Bertz CT molecular complexity index is 323. The van der Waals surface area contributed by atoms with Gasteiger partial charge >= 0.3 is 6.09 Å². The quantitative estimate of drug-likeness (QED) is 0.528. The molecule has 6 nitrogen and oxygen atoms in total. The summed E-state index contributed by atoms with van der Waals surface area (Å²) >= 11 is 0. The highest BCUT2D eigenvalue weighted by Gasteiger charge is 2.24. The van der Waals surface area contributed by atoms with Gasteiger partial charge in [0.05, 0.1) is 0 Å². The molecular weight excluding hydrogens is 298 g/mol. The van der Waals surface area contributed by atoms with Gasteiger partial charge in [-0.1, -0.05) is 35.4 Å². The second-order valence-electron chi connectivity index (χ2n) is 4.96. The molecule has 0 aliphatic carbocycles. The van der Waals surface area contributed by atoms with E-state index in [2.05, 4.69) is 29.8 Å². The fraction of sp³-hybridized carbons (Fsp3) is 0.833. The fourth-order valence-corrected chi connectivity index (χ4v) is 4.03. The zero-order valence-corrected chi connectivity index (χ0v) is 13.5. The van der Waals surface area contributed by atoms with Crippen molar-refractivity contribution in [3.05, 3.63) is 0 Å². The van der Waals surface area contributed by atoms with Gasteiger partial charge in [0, 0.05) is 17.0 Å². The van der Waals surface area contributed by atoms with Crippen molar-refractivity contribution in [3.63, 3.8) is 0 Å². The number of carboxylic acid groups (broad SMARTS) is 1. The van der Waals surface area contributed by atoms with E-state index in [0.29, 0.717) is 11.0 Å². The van der Waals surface area contributed by atoms with Crippen LogP contribution < -0.4 is 16.0 Å². The maximum absolute atomic E-state index is 12.1. The molecule has 4 N–H and O–H groups in total. The molecule has 0 bridgehead atoms. The van der Waals surface area contributed by atoms with E-state index in [-0.39, 0.29) is 11.9 Å². The fourth-order valence-electron chi connectivity index (χ4n) is 1.84. The number of carbonyl (C=O) groups excluding carboxylic acids is 1. The van der Waals surface area contributed by atoms with Gasteiger partial charge in [-0.25, -0.2) is 4.79 Å². The Hall–Kier alpha value is -0.600. The molecule has 1 fully saturated rings. The lowest BCUT2D eigenvalue weighted by Crippen LogP contribution is -2.52. The van der Waals surface area contributed by atoms with Crippen LogP contribution in [0.1, 0.15) is 26.7 Å². The molecular formula is C12H23N3O3S2. The molecule has 8 heteroatoms. The highest BCUT2D eigenvalue weighted by Crippen LogP contribution is 2.26. The Morgan fingerprint density at radius 2 is 2.00 bits per heavy atom. The maximum atomic E-state index is 12.1. The van der Waals surface area contributed by atoms with Crippen molar-refractivity contribution in [2.24, 2.45) is 0 Å². The molecule has 0 aromatic rings. The molecule has 1 heterocycles. The van der Waals surface area contributed by atoms with Crippen molar-refractivity contribution < 1.29 is 14.7 Å². The highest BCUT2D eigenvalue weighted by atomic mass is 33.1. The zero-order chi connectivity index (χ0) is 15.0. The molecule has 1 rings (SSSR count). The van der Waals surface area contributed by atoms with Crippen LogP contribution in [0.2, 0.25) is 0 Å². The summed E-state index contributed by atoms with van der Waals surface area (Å²) in [5, 5.41) is 17.7. The second kappa shape index (κ2) is 9.36. The lowest BCUT2D eigenvalue weighted by molar-refractivity contribution is -0.123. The molecule has 1 unspecified atom stereocenters. The average Bonchev–Trinajstić information content (AvgIpc) is 2.37. The Balaban J connectivity index is 2.43. The van der Waals surface area contributed by atoms with E-state index in [9.17, 15) is 9.59 Å². The summed E-state index contributed by atoms with van der Waals surface area (Å²) in [6.45, 7) is 5.90. The van der Waals surface area contributed by atoms with Gasteiger partial charge in [-0.2, -0.15) is 0 Å². The standard InChI is InChI=1S/C12H23N3O3S2/c1-8(2)20-19-7-10(15-12(17)18)11(16)14-9-3-5-13-6-4-9/h8-10,13,15H,3-7H2,1-2H3,(H,14,16)(H,17,18). The van der Waals surface area contributed by atoms with Gasteiger partial charge in [0.15, 0.2) is 0 Å². The highest BCUT2D eigenvalue weighted by molar-refractivity contribution is 8.76. The summed E-state index contributed by atoms with van der Waals surface area (Å²) in [7, 11) is 3.16. The van der Waals surface area contributed by atoms with Crippen LogP contribution in [0.25, 0.3) is 0 Å². The number of piperidine rings is 1. The van der Waals surface area contributed by atoms with E-state index in [1.807, 2.05) is 0 Å². The minimum Gasteiger partial charge on any atom is -0.465 e. The van der Waals surface area contributed by atoms with Crippen LogP contribution >= 0.6 is 21.6 Å². The maximum Gasteiger partial charge on any atom is 0.405 e. The second-order valence-corrected chi connectivity index (χ2v) is 7.95. The third-order valence-electron chi connectivity index (χ3n) is 2.79. The summed E-state index contributed by atoms with van der Waals surface area (Å²) in [4.78, 5) is 22.9. The largest absolute Gasteiger partial charge is 0.465 e. The molecule has 20 heavy (non-hydrogen) atoms. The number of carbonyl (C=O) groups is 2. The van der Waals surface area contributed by atoms with Crippen LogP contribution in [-0.4, -0.2) is 53.3 Å². The molecule has 0 spiro atoms. The molecule has 0 saturated carbocycles. The first kappa shape index (κ1) is 17.5. The summed E-state index contributed by atoms with van der Waals surface area (Å²) < 4.78 is 0. The van der Waals surface area contributed by atoms with Crippen LogP contribution in [0.15, 0.2) is 0 Å². The van der Waals surface area contributed by atoms with E-state index >= 15 is 0 Å². The Labute approximate surface area is 127 Å². The summed E-state index contributed by atoms with van der Waals surface area (Å²) in [5.41, 5.74) is 0. The molecule has 2 amide bonds. The van der Waals surface area contributed by atoms with Crippen molar-refractivity contribution in [3.8, 4) is 0 Å². The van der Waals surface area contributed by atoms with Crippen molar-refractivity contribution in [2.75, 3.05) is 18.8 Å². The first-order valence-corrected chi connectivity index (χ1v) is 9.16. The van der Waals surface area contributed by atoms with Crippen molar-refractivity contribution >= 4 is 33.6 Å². The molecule has 0 aromatic heterocycles. The lowest BCUT2D eigenvalue weighted by Gasteiger charge is -2.26. The Morgan fingerprint density at radius 3 is 2.55 bits per heavy atom. The zero-order valence-electron chi connectivity index (χ0n) is 11.8. The van der Waals surface area contributed by atoms with Crippen molar-refractivity contribution in [1.82, 2.24) is 16.0 Å². The Kier molecular flexibility index (Phi) is 8.16. The molecule has 1 aliphatic heterocycles. The average molecular weight is 321 g/mol. The smallest absolute Gasteiger partial charge is 0.405 e. The molecule has 0 aromatic carbocycles. The predicted molar refractivity (Wildman–Crippen MR) is 84.2 cm³/mol. The molecule has 1 atom stereocenters. The third kappa shape index (κ3) is 7.25. The lowest BCUT2D eigenvalue weighted by atomic mass is 10.1. The van der Waals surface area contributed by atoms with Crippen molar-refractivity contribution in [1.29, 1.82) is 0 Å². The van der Waals surface area contributed by atoms with Gasteiger partial charge in [-0.05, 0) is 25.9 Å². The SMILES string of the molecule is CC(C)SSCC(NC(=O)O)C(=O)NC1CCNCC1. The predicted octanol–water partition coefficient (Wildman–Crippen LogP) is 1.28. The first-order chi connectivity index (χ1) is 9.49. The summed E-state index contributed by atoms with van der Waals surface area (Å²) in [5.74, 6) is 0.211. The van der Waals surface area contributed by atoms with E-state index < -0.39 is 12.1 Å². The first-order valence-electron chi connectivity index (χ1n) is 6.78. The monoisotopic (exact) mass is 321 g/mol. The molecule has 1 aliphatic rings. The van der Waals surface area contributed by atoms with Gasteiger partial charge in [-0.15, -0.1) is 0 Å². The van der Waals surface area contributed by atoms with E-state index in [0.717, 1.165) is 25.9 Å². The van der Waals surface area contributed by atoms with Gasteiger partial charge in [-0.3, -0.25) is 4.79 Å². The number of amides is 2. The van der Waals surface area contributed by atoms with E-state index in [1.165, 1.54) is 10.8 Å². The van der Waals surface area contributed by atoms with Crippen molar-refractivity contribution in [2.45, 2.75) is 44.0 Å². The van der Waals surface area contributed by atoms with Gasteiger partial charge in [0.1, 0.15) is 6.04 Å². The Morgan fingerprint density at radius 1 is 1.35 bits per heavy atom. The van der Waals surface area contributed by atoms with Gasteiger partial charge in [0.2, 0.25) is 5.91 Å². The topological polar surface area (TPSA) is 90.5 Å². The van der Waals surface area contributed by atoms with Crippen LogP contribution in [0.3, 0.4) is 0 Å². The van der Waals surface area contributed by atoms with Crippen LogP contribution in [0.5, 0.6) is 0 Å². The molecule has 1 saturated heterocycles. The summed E-state index contributed by atoms with van der Waals surface area (Å²) in [6.07, 6.45) is 0.615. The molecule has 116 valence electrons. The van der Waals surface area contributed by atoms with Gasteiger partial charge in [0.25, 0.3) is 0 Å². The number of hydrogen-bond donors (Lipinski definition) is 4. The molecule has 0 radical (unpaired) electrons. The summed E-state index contributed by atoms with van der Waals surface area (Å²) in [6, 6.07) is -0.553. The van der Waals surface area contributed by atoms with E-state index in [1.54, 1.807) is 10.8 Å². The number of hydrogen-bond acceptors (Lipinski definition) is 5.